The number of aliphatic hydroxyl groups is 1. The van der Waals surface area contributed by atoms with Crippen molar-refractivity contribution in [2.24, 2.45) is 5.73 Å². The van der Waals surface area contributed by atoms with E-state index in [1.807, 2.05) is 44.2 Å². The van der Waals surface area contributed by atoms with Crippen molar-refractivity contribution in [2.75, 3.05) is 6.61 Å². The van der Waals surface area contributed by atoms with Gasteiger partial charge in [-0.1, -0.05) is 30.3 Å². The average Bonchev–Trinajstić information content (AvgIpc) is 2.27. The number of nitrogens with two attached hydrogens (primary N) is 1. The third-order valence-electron chi connectivity index (χ3n) is 2.54. The summed E-state index contributed by atoms with van der Waals surface area (Å²) in [6, 6.07) is 9.55. The lowest BCUT2D eigenvalue weighted by molar-refractivity contribution is -0.0568. The van der Waals surface area contributed by atoms with E-state index in [1.165, 1.54) is 0 Å². The van der Waals surface area contributed by atoms with Crippen molar-refractivity contribution in [3.8, 4) is 0 Å². The zero-order valence-electron chi connectivity index (χ0n) is 9.31. The SMILES string of the molecule is CC(C)(OCc1ccccc1)C(N)CO. The fraction of sp³-hybridized carbons (Fsp3) is 0.500. The zero-order valence-corrected chi connectivity index (χ0v) is 9.31. The van der Waals surface area contributed by atoms with E-state index in [0.717, 1.165) is 5.56 Å². The molecule has 0 saturated carbocycles. The molecule has 15 heavy (non-hydrogen) atoms. The van der Waals surface area contributed by atoms with Gasteiger partial charge in [-0.05, 0) is 19.4 Å². The topological polar surface area (TPSA) is 55.5 Å². The summed E-state index contributed by atoms with van der Waals surface area (Å²) in [7, 11) is 0. The van der Waals surface area contributed by atoms with Crippen LogP contribution in [0.25, 0.3) is 0 Å². The Balaban J connectivity index is 2.49. The number of rotatable bonds is 5. The van der Waals surface area contributed by atoms with E-state index in [9.17, 15) is 0 Å². The highest BCUT2D eigenvalue weighted by molar-refractivity contribution is 5.13. The van der Waals surface area contributed by atoms with Crippen molar-refractivity contribution in [1.29, 1.82) is 0 Å². The average molecular weight is 209 g/mol. The van der Waals surface area contributed by atoms with E-state index in [1.54, 1.807) is 0 Å². The van der Waals surface area contributed by atoms with Crippen LogP contribution in [0.1, 0.15) is 19.4 Å². The molecule has 3 heteroatoms. The maximum absolute atomic E-state index is 8.96. The Hall–Kier alpha value is -0.900. The highest BCUT2D eigenvalue weighted by Crippen LogP contribution is 2.15. The first kappa shape index (κ1) is 12.2. The van der Waals surface area contributed by atoms with Gasteiger partial charge in [0.15, 0.2) is 0 Å². The van der Waals surface area contributed by atoms with Crippen LogP contribution in [0, 0.1) is 0 Å². The Morgan fingerprint density at radius 3 is 2.47 bits per heavy atom. The van der Waals surface area contributed by atoms with E-state index >= 15 is 0 Å². The number of hydrogen-bond acceptors (Lipinski definition) is 3. The molecule has 1 rings (SSSR count). The van der Waals surface area contributed by atoms with Crippen molar-refractivity contribution < 1.29 is 9.84 Å². The second-order valence-electron chi connectivity index (χ2n) is 4.17. The molecule has 0 aliphatic heterocycles. The monoisotopic (exact) mass is 209 g/mol. The summed E-state index contributed by atoms with van der Waals surface area (Å²) in [5.74, 6) is 0. The molecule has 1 aromatic carbocycles. The molecule has 84 valence electrons. The lowest BCUT2D eigenvalue weighted by atomic mass is 10.0. The van der Waals surface area contributed by atoms with Crippen LogP contribution in [-0.4, -0.2) is 23.4 Å². The first-order valence-electron chi connectivity index (χ1n) is 5.10. The minimum atomic E-state index is -0.509. The highest BCUT2D eigenvalue weighted by atomic mass is 16.5. The van der Waals surface area contributed by atoms with Gasteiger partial charge in [-0.15, -0.1) is 0 Å². The van der Waals surface area contributed by atoms with Gasteiger partial charge in [0, 0.05) is 0 Å². The third kappa shape index (κ3) is 3.63. The van der Waals surface area contributed by atoms with Crippen LogP contribution in [-0.2, 0) is 11.3 Å². The molecule has 3 N–H and O–H groups in total. The standard InChI is InChI=1S/C12H19NO2/c1-12(2,11(13)8-14)15-9-10-6-4-3-5-7-10/h3-7,11,14H,8-9,13H2,1-2H3. The van der Waals surface area contributed by atoms with Crippen LogP contribution in [0.4, 0.5) is 0 Å². The molecule has 0 saturated heterocycles. The Labute approximate surface area is 90.9 Å². The molecule has 0 aromatic heterocycles. The molecule has 0 bridgehead atoms. The summed E-state index contributed by atoms with van der Waals surface area (Å²) in [4.78, 5) is 0. The lowest BCUT2D eigenvalue weighted by Crippen LogP contribution is -2.47. The van der Waals surface area contributed by atoms with Gasteiger partial charge in [-0.25, -0.2) is 0 Å². The molecule has 0 radical (unpaired) electrons. The van der Waals surface area contributed by atoms with E-state index in [2.05, 4.69) is 0 Å². The molecule has 1 atom stereocenters. The van der Waals surface area contributed by atoms with Crippen LogP contribution in [0.5, 0.6) is 0 Å². The number of ether oxygens (including phenoxy) is 1. The van der Waals surface area contributed by atoms with E-state index < -0.39 is 5.60 Å². The summed E-state index contributed by atoms with van der Waals surface area (Å²) in [6.45, 7) is 4.22. The zero-order chi connectivity index (χ0) is 11.3. The van der Waals surface area contributed by atoms with E-state index in [-0.39, 0.29) is 12.6 Å². The van der Waals surface area contributed by atoms with E-state index in [4.69, 9.17) is 15.6 Å². The third-order valence-corrected chi connectivity index (χ3v) is 2.54. The smallest absolute Gasteiger partial charge is 0.0803 e. The maximum atomic E-state index is 8.96. The maximum Gasteiger partial charge on any atom is 0.0803 e. The van der Waals surface area contributed by atoms with Crippen molar-refractivity contribution in [3.05, 3.63) is 35.9 Å². The number of benzene rings is 1. The van der Waals surface area contributed by atoms with Crippen molar-refractivity contribution in [2.45, 2.75) is 32.1 Å². The Morgan fingerprint density at radius 2 is 1.93 bits per heavy atom. The van der Waals surface area contributed by atoms with Crippen LogP contribution in [0.3, 0.4) is 0 Å². The number of hydrogen-bond donors (Lipinski definition) is 2. The predicted octanol–water partition coefficient (Wildman–Crippen LogP) is 1.30. The summed E-state index contributed by atoms with van der Waals surface area (Å²) in [5, 5.41) is 8.96. The molecule has 0 aliphatic rings. The van der Waals surface area contributed by atoms with Crippen LogP contribution < -0.4 is 5.73 Å². The lowest BCUT2D eigenvalue weighted by Gasteiger charge is -2.30. The Bertz CT molecular complexity index is 285. The summed E-state index contributed by atoms with van der Waals surface area (Å²) < 4.78 is 5.68. The molecular weight excluding hydrogens is 190 g/mol. The minimum Gasteiger partial charge on any atom is -0.395 e. The molecule has 0 spiro atoms. The van der Waals surface area contributed by atoms with Crippen LogP contribution in [0.2, 0.25) is 0 Å². The van der Waals surface area contributed by atoms with Gasteiger partial charge >= 0.3 is 0 Å². The van der Waals surface area contributed by atoms with Gasteiger partial charge < -0.3 is 15.6 Å². The van der Waals surface area contributed by atoms with Gasteiger partial charge in [0.25, 0.3) is 0 Å². The molecule has 0 amide bonds. The Kier molecular flexibility index (Phi) is 4.27. The predicted molar refractivity (Wildman–Crippen MR) is 60.4 cm³/mol. The van der Waals surface area contributed by atoms with Crippen molar-refractivity contribution in [1.82, 2.24) is 0 Å². The fourth-order valence-electron chi connectivity index (χ4n) is 1.17. The quantitative estimate of drug-likeness (QED) is 0.768. The second kappa shape index (κ2) is 5.26. The van der Waals surface area contributed by atoms with Crippen LogP contribution in [0.15, 0.2) is 30.3 Å². The minimum absolute atomic E-state index is 0.0677. The van der Waals surface area contributed by atoms with Gasteiger partial charge in [0.1, 0.15) is 0 Å². The first-order valence-corrected chi connectivity index (χ1v) is 5.10. The summed E-state index contributed by atoms with van der Waals surface area (Å²) in [5.41, 5.74) is 6.34. The Morgan fingerprint density at radius 1 is 1.33 bits per heavy atom. The van der Waals surface area contributed by atoms with Gasteiger partial charge in [-0.2, -0.15) is 0 Å². The highest BCUT2D eigenvalue weighted by Gasteiger charge is 2.26. The molecule has 0 heterocycles. The largest absolute Gasteiger partial charge is 0.395 e. The van der Waals surface area contributed by atoms with Crippen molar-refractivity contribution in [3.63, 3.8) is 0 Å². The molecular formula is C12H19NO2. The van der Waals surface area contributed by atoms with Gasteiger partial charge in [0.2, 0.25) is 0 Å². The molecule has 1 aromatic rings. The normalized spacial score (nSPS) is 13.9. The number of aliphatic hydroxyl groups excluding tert-OH is 1. The summed E-state index contributed by atoms with van der Waals surface area (Å²) >= 11 is 0. The van der Waals surface area contributed by atoms with Crippen molar-refractivity contribution >= 4 is 0 Å². The summed E-state index contributed by atoms with van der Waals surface area (Å²) in [6.07, 6.45) is 0. The molecule has 0 fully saturated rings. The van der Waals surface area contributed by atoms with Gasteiger partial charge in [-0.3, -0.25) is 0 Å². The van der Waals surface area contributed by atoms with Crippen LogP contribution >= 0.6 is 0 Å². The van der Waals surface area contributed by atoms with Gasteiger partial charge in [0.05, 0.1) is 24.9 Å². The molecule has 3 nitrogen and oxygen atoms in total. The molecule has 1 unspecified atom stereocenters. The first-order chi connectivity index (χ1) is 7.06. The molecule has 0 aliphatic carbocycles. The fourth-order valence-corrected chi connectivity index (χ4v) is 1.17. The second-order valence-corrected chi connectivity index (χ2v) is 4.17. The van der Waals surface area contributed by atoms with E-state index in [0.29, 0.717) is 6.61 Å².